The monoisotopic (exact) mass is 735 g/mol. The molecular formula is C56H33NO. The Kier molecular flexibility index (Phi) is 6.47. The van der Waals surface area contributed by atoms with Gasteiger partial charge in [-0.3, -0.25) is 0 Å². The Bertz CT molecular complexity index is 3810. The molecular weight excluding hydrogens is 703 g/mol. The van der Waals surface area contributed by atoms with Crippen LogP contribution < -0.4 is 4.90 Å². The zero-order valence-corrected chi connectivity index (χ0v) is 31.4. The normalized spacial score (nSPS) is 12.1. The highest BCUT2D eigenvalue weighted by atomic mass is 16.3. The summed E-state index contributed by atoms with van der Waals surface area (Å²) in [7, 11) is 0. The first-order chi connectivity index (χ1) is 28.7. The minimum Gasteiger partial charge on any atom is -0.456 e. The Balaban J connectivity index is 1.14. The van der Waals surface area contributed by atoms with E-state index in [2.05, 4.69) is 193 Å². The number of rotatable bonds is 4. The van der Waals surface area contributed by atoms with Crippen LogP contribution in [0.4, 0.5) is 17.1 Å². The predicted octanol–water partition coefficient (Wildman–Crippen LogP) is 16.2. The van der Waals surface area contributed by atoms with Crippen LogP contribution in [0.2, 0.25) is 0 Å². The second-order valence-electron chi connectivity index (χ2n) is 15.6. The molecule has 0 unspecified atom stereocenters. The first-order valence-corrected chi connectivity index (χ1v) is 20.0. The smallest absolute Gasteiger partial charge is 0.135 e. The van der Waals surface area contributed by atoms with Crippen molar-refractivity contribution < 1.29 is 4.42 Å². The molecule has 0 atom stereocenters. The number of furan rings is 1. The molecule has 0 amide bonds. The van der Waals surface area contributed by atoms with Crippen molar-refractivity contribution in [3.05, 3.63) is 200 Å². The van der Waals surface area contributed by atoms with E-state index < -0.39 is 0 Å². The highest BCUT2D eigenvalue weighted by Crippen LogP contribution is 2.47. The van der Waals surface area contributed by atoms with Crippen LogP contribution in [0.15, 0.2) is 205 Å². The fourth-order valence-corrected chi connectivity index (χ4v) is 9.96. The van der Waals surface area contributed by atoms with Gasteiger partial charge in [0.2, 0.25) is 0 Å². The van der Waals surface area contributed by atoms with Gasteiger partial charge in [0.05, 0.1) is 5.69 Å². The second-order valence-corrected chi connectivity index (χ2v) is 15.6. The summed E-state index contributed by atoms with van der Waals surface area (Å²) in [4.78, 5) is 2.47. The maximum Gasteiger partial charge on any atom is 0.135 e. The highest BCUT2D eigenvalue weighted by Gasteiger charge is 2.21. The highest BCUT2D eigenvalue weighted by molar-refractivity contribution is 6.37. The van der Waals surface area contributed by atoms with Crippen LogP contribution in [0, 0.1) is 0 Å². The molecule has 1 heterocycles. The molecule has 0 aliphatic rings. The number of nitrogens with zero attached hydrogens (tertiary/aromatic N) is 1. The average Bonchev–Trinajstić information content (AvgIpc) is 3.66. The number of para-hydroxylation sites is 1. The van der Waals surface area contributed by atoms with E-state index in [1.807, 2.05) is 12.1 Å². The van der Waals surface area contributed by atoms with Gasteiger partial charge in [-0.05, 0) is 130 Å². The molecule has 13 rings (SSSR count). The lowest BCUT2D eigenvalue weighted by molar-refractivity contribution is 0.669. The van der Waals surface area contributed by atoms with Crippen LogP contribution in [0.1, 0.15) is 0 Å². The molecule has 2 heteroatoms. The summed E-state index contributed by atoms with van der Waals surface area (Å²) in [5, 5.41) is 20.0. The number of fused-ring (bicyclic) bond motifs is 6. The van der Waals surface area contributed by atoms with Crippen molar-refractivity contribution in [3.8, 4) is 11.1 Å². The number of benzene rings is 11. The maximum absolute atomic E-state index is 6.22. The van der Waals surface area contributed by atoms with Gasteiger partial charge in [-0.2, -0.15) is 0 Å². The standard InChI is InChI=1S/C56H33NO/c1-2-17-43-34(10-1)11-9-22-50(43)57(41-16-5-15-38(30-41)39-28-29-52-48(32-39)44-18-3-4-23-51(44)58-52)42-31-40-27-26-37-13-7-20-46-45-19-6-12-35-24-25-36-14-8-21-47(55(36)53(35)45)49(33-42)56(40)54(37)46/h1-33H. The molecule has 0 aliphatic carbocycles. The number of anilines is 3. The molecule has 58 heavy (non-hydrogen) atoms. The third-order valence-corrected chi connectivity index (χ3v) is 12.5. The van der Waals surface area contributed by atoms with Crippen molar-refractivity contribution in [1.82, 2.24) is 0 Å². The Morgan fingerprint density at radius 2 is 0.810 bits per heavy atom. The van der Waals surface area contributed by atoms with E-state index >= 15 is 0 Å². The third kappa shape index (κ3) is 4.48. The molecule has 268 valence electrons. The van der Waals surface area contributed by atoms with Crippen LogP contribution in [0.3, 0.4) is 0 Å². The van der Waals surface area contributed by atoms with Crippen LogP contribution in [0.25, 0.3) is 108 Å². The maximum atomic E-state index is 6.22. The van der Waals surface area contributed by atoms with E-state index in [4.69, 9.17) is 4.42 Å². The van der Waals surface area contributed by atoms with Crippen LogP contribution in [-0.2, 0) is 0 Å². The fraction of sp³-hybridized carbons (Fsp3) is 0. The lowest BCUT2D eigenvalue weighted by atomic mass is 9.87. The van der Waals surface area contributed by atoms with Gasteiger partial charge in [0.1, 0.15) is 11.2 Å². The first-order valence-electron chi connectivity index (χ1n) is 20.0. The van der Waals surface area contributed by atoms with Crippen molar-refractivity contribution in [2.75, 3.05) is 4.90 Å². The number of hydrogen-bond donors (Lipinski definition) is 0. The van der Waals surface area contributed by atoms with Gasteiger partial charge in [-0.15, -0.1) is 0 Å². The van der Waals surface area contributed by atoms with Gasteiger partial charge in [-0.25, -0.2) is 0 Å². The topological polar surface area (TPSA) is 16.4 Å². The number of hydrogen-bond acceptors (Lipinski definition) is 2. The Morgan fingerprint density at radius 3 is 1.57 bits per heavy atom. The fourth-order valence-electron chi connectivity index (χ4n) is 9.96. The second kappa shape index (κ2) is 11.9. The van der Waals surface area contributed by atoms with Gasteiger partial charge in [0.25, 0.3) is 0 Å². The molecule has 0 saturated carbocycles. The van der Waals surface area contributed by atoms with Gasteiger partial charge in [0.15, 0.2) is 0 Å². The van der Waals surface area contributed by atoms with E-state index in [-0.39, 0.29) is 0 Å². The minimum atomic E-state index is 0.902. The zero-order valence-electron chi connectivity index (χ0n) is 31.4. The van der Waals surface area contributed by atoms with E-state index in [1.165, 1.54) is 75.4 Å². The third-order valence-electron chi connectivity index (χ3n) is 12.5. The SMILES string of the molecule is c1cc(-c2ccc3oc4ccccc4c3c2)cc(N(c2cc3ccc4cccc5c6cccc7ccc8cccc(c(c2)c3c45)c8c76)c2cccc3ccccc23)c1. The van der Waals surface area contributed by atoms with Crippen molar-refractivity contribution in [1.29, 1.82) is 0 Å². The van der Waals surface area contributed by atoms with Crippen LogP contribution in [-0.4, -0.2) is 0 Å². The first kappa shape index (κ1) is 31.5. The Labute approximate surface area is 333 Å². The molecule has 0 aliphatic heterocycles. The molecule has 0 saturated heterocycles. The summed E-state index contributed by atoms with van der Waals surface area (Å²) in [5.74, 6) is 0. The molecule has 0 fully saturated rings. The summed E-state index contributed by atoms with van der Waals surface area (Å²) in [6, 6.07) is 73.7. The molecule has 0 N–H and O–H groups in total. The summed E-state index contributed by atoms with van der Waals surface area (Å²) in [6.07, 6.45) is 0. The predicted molar refractivity (Wildman–Crippen MR) is 248 cm³/mol. The molecule has 0 bridgehead atoms. The minimum absolute atomic E-state index is 0.902. The average molecular weight is 736 g/mol. The van der Waals surface area contributed by atoms with Crippen molar-refractivity contribution in [2.45, 2.75) is 0 Å². The van der Waals surface area contributed by atoms with Crippen molar-refractivity contribution in [2.24, 2.45) is 0 Å². The summed E-state index contributed by atoms with van der Waals surface area (Å²) in [6.45, 7) is 0. The molecule has 1 aromatic heterocycles. The van der Waals surface area contributed by atoms with E-state index in [0.29, 0.717) is 0 Å². The lowest BCUT2D eigenvalue weighted by Gasteiger charge is -2.28. The van der Waals surface area contributed by atoms with Crippen LogP contribution >= 0.6 is 0 Å². The van der Waals surface area contributed by atoms with E-state index in [9.17, 15) is 0 Å². The van der Waals surface area contributed by atoms with Gasteiger partial charge in [0, 0.05) is 27.5 Å². The Morgan fingerprint density at radius 1 is 0.276 bits per heavy atom. The van der Waals surface area contributed by atoms with Crippen LogP contribution in [0.5, 0.6) is 0 Å². The summed E-state index contributed by atoms with van der Waals surface area (Å²) in [5.41, 5.74) is 7.45. The van der Waals surface area contributed by atoms with Crippen molar-refractivity contribution >= 4 is 114 Å². The van der Waals surface area contributed by atoms with Gasteiger partial charge < -0.3 is 9.32 Å². The quantitative estimate of drug-likeness (QED) is 0.167. The molecule has 12 aromatic carbocycles. The molecule has 0 spiro atoms. The van der Waals surface area contributed by atoms with Gasteiger partial charge >= 0.3 is 0 Å². The van der Waals surface area contributed by atoms with E-state index in [1.54, 1.807) is 0 Å². The summed E-state index contributed by atoms with van der Waals surface area (Å²) >= 11 is 0. The molecule has 13 aromatic rings. The zero-order chi connectivity index (χ0) is 37.9. The summed E-state index contributed by atoms with van der Waals surface area (Å²) < 4.78 is 6.22. The Hall–Kier alpha value is -7.68. The largest absolute Gasteiger partial charge is 0.456 e. The molecule has 0 radical (unpaired) electrons. The van der Waals surface area contributed by atoms with E-state index in [0.717, 1.165) is 50.1 Å². The van der Waals surface area contributed by atoms with Gasteiger partial charge in [-0.1, -0.05) is 152 Å². The molecule has 2 nitrogen and oxygen atoms in total. The lowest BCUT2D eigenvalue weighted by Crippen LogP contribution is -2.11. The van der Waals surface area contributed by atoms with Crippen molar-refractivity contribution in [3.63, 3.8) is 0 Å².